The van der Waals surface area contributed by atoms with E-state index >= 15 is 0 Å². The number of nitrogens with one attached hydrogen (secondary N) is 3. The van der Waals surface area contributed by atoms with E-state index < -0.39 is 53.6 Å². The van der Waals surface area contributed by atoms with Gasteiger partial charge in [-0.2, -0.15) is 0 Å². The number of primary amides is 1. The Kier molecular flexibility index (Phi) is 11.9. The molecule has 0 spiro atoms. The molecule has 4 aromatic rings. The first-order chi connectivity index (χ1) is 25.8. The zero-order chi connectivity index (χ0) is 39.0. The second-order valence-corrected chi connectivity index (χ2v) is 13.7. The Morgan fingerprint density at radius 2 is 1.41 bits per heavy atom. The molecule has 14 heteroatoms. The number of hydrogen-bond donors (Lipinski definition) is 4. The summed E-state index contributed by atoms with van der Waals surface area (Å²) < 4.78 is 6.05. The summed E-state index contributed by atoms with van der Waals surface area (Å²) >= 11 is 0. The lowest BCUT2D eigenvalue weighted by molar-refractivity contribution is -0.127. The van der Waals surface area contributed by atoms with Crippen molar-refractivity contribution in [2.45, 2.75) is 57.3 Å². The lowest BCUT2D eigenvalue weighted by Crippen LogP contribution is -2.54. The molecular weight excluding hydrogens is 690 g/mol. The molecule has 1 aliphatic rings. The predicted octanol–water partition coefficient (Wildman–Crippen LogP) is 4.45. The fourth-order valence-corrected chi connectivity index (χ4v) is 5.99. The first-order valence-corrected chi connectivity index (χ1v) is 17.1. The van der Waals surface area contributed by atoms with Crippen LogP contribution in [-0.2, 0) is 16.0 Å². The standard InChI is InChI=1S/C40H39N7O7/c1-40(2,3)45-38(52)28-15-9-10-16-33(28)54-22-32(46-47-42)30(19-23-11-5-4-6-12-23)43-39(53)31(21-34(41)48)44-37(51)24-17-18-27-29(20-24)36(50)26-14-8-7-13-25(26)35(27)49/h4-18,20,30-32H,19,21-22H2,1-3H3,(H2,41,48)(H,43,53)(H,44,51)(H,45,52)/t30-,31-,32+/m0/s1. The molecule has 14 nitrogen and oxygen atoms in total. The monoisotopic (exact) mass is 729 g/mol. The number of azide groups is 1. The third kappa shape index (κ3) is 9.35. The normalized spacial score (nSPS) is 13.5. The second kappa shape index (κ2) is 16.7. The maximum absolute atomic E-state index is 13.9. The van der Waals surface area contributed by atoms with E-state index in [1.165, 1.54) is 24.3 Å². The fraction of sp³-hybridized carbons (Fsp3) is 0.250. The highest BCUT2D eigenvalue weighted by Gasteiger charge is 2.32. The minimum atomic E-state index is -1.49. The lowest BCUT2D eigenvalue weighted by Gasteiger charge is -2.28. The highest BCUT2D eigenvalue weighted by atomic mass is 16.5. The second-order valence-electron chi connectivity index (χ2n) is 13.7. The van der Waals surface area contributed by atoms with E-state index in [1.54, 1.807) is 54.6 Å². The van der Waals surface area contributed by atoms with E-state index in [9.17, 15) is 34.3 Å². The lowest BCUT2D eigenvalue weighted by atomic mass is 9.83. The molecule has 0 aliphatic heterocycles. The number of nitrogens with two attached hydrogens (primary N) is 1. The fourth-order valence-electron chi connectivity index (χ4n) is 5.99. The van der Waals surface area contributed by atoms with Crippen LogP contribution in [0.2, 0.25) is 0 Å². The molecule has 0 bridgehead atoms. The molecule has 0 aromatic heterocycles. The van der Waals surface area contributed by atoms with Crippen molar-refractivity contribution in [3.8, 4) is 5.75 Å². The Labute approximate surface area is 311 Å². The number of rotatable bonds is 14. The molecular formula is C40H39N7O7. The zero-order valence-electron chi connectivity index (χ0n) is 29.9. The number of amides is 4. The minimum absolute atomic E-state index is 0.0276. The number of benzene rings is 4. The zero-order valence-corrected chi connectivity index (χ0v) is 29.9. The van der Waals surface area contributed by atoms with Gasteiger partial charge in [0.1, 0.15) is 11.8 Å². The van der Waals surface area contributed by atoms with Gasteiger partial charge in [-0.1, -0.05) is 71.8 Å². The van der Waals surface area contributed by atoms with Crippen LogP contribution in [0.15, 0.2) is 102 Å². The van der Waals surface area contributed by atoms with Crippen molar-refractivity contribution < 1.29 is 33.5 Å². The largest absolute Gasteiger partial charge is 0.492 e. The molecule has 0 saturated heterocycles. The van der Waals surface area contributed by atoms with Crippen molar-refractivity contribution >= 4 is 35.2 Å². The third-order valence-corrected chi connectivity index (χ3v) is 8.53. The molecule has 0 radical (unpaired) electrons. The van der Waals surface area contributed by atoms with Gasteiger partial charge in [-0.05, 0) is 68.6 Å². The molecule has 3 atom stereocenters. The Morgan fingerprint density at radius 1 is 0.796 bits per heavy atom. The van der Waals surface area contributed by atoms with Crippen LogP contribution in [0.1, 0.15) is 85.3 Å². The van der Waals surface area contributed by atoms with E-state index in [2.05, 4.69) is 26.0 Å². The highest BCUT2D eigenvalue weighted by molar-refractivity contribution is 6.28. The van der Waals surface area contributed by atoms with E-state index in [0.29, 0.717) is 0 Å². The Bertz CT molecular complexity index is 2160. The molecule has 0 fully saturated rings. The molecule has 276 valence electrons. The van der Waals surface area contributed by atoms with Gasteiger partial charge < -0.3 is 26.4 Å². The number of ether oxygens (including phenoxy) is 1. The van der Waals surface area contributed by atoms with E-state index in [4.69, 9.17) is 10.5 Å². The van der Waals surface area contributed by atoms with Gasteiger partial charge in [0.25, 0.3) is 11.8 Å². The number of carbonyl (C=O) groups is 6. The summed E-state index contributed by atoms with van der Waals surface area (Å²) in [7, 11) is 0. The highest BCUT2D eigenvalue weighted by Crippen LogP contribution is 2.28. The van der Waals surface area contributed by atoms with Gasteiger partial charge in [0.15, 0.2) is 11.6 Å². The maximum atomic E-state index is 13.9. The van der Waals surface area contributed by atoms with Gasteiger partial charge in [0.2, 0.25) is 11.8 Å². The van der Waals surface area contributed by atoms with E-state index in [1.807, 2.05) is 39.0 Å². The van der Waals surface area contributed by atoms with Crippen LogP contribution in [0.25, 0.3) is 10.4 Å². The van der Waals surface area contributed by atoms with Crippen LogP contribution in [0.5, 0.6) is 5.75 Å². The molecule has 0 unspecified atom stereocenters. The van der Waals surface area contributed by atoms with Gasteiger partial charge in [0.05, 0.1) is 24.6 Å². The third-order valence-electron chi connectivity index (χ3n) is 8.53. The van der Waals surface area contributed by atoms with Crippen LogP contribution in [-0.4, -0.2) is 65.5 Å². The van der Waals surface area contributed by atoms with Crippen LogP contribution in [0.4, 0.5) is 0 Å². The summed E-state index contributed by atoms with van der Waals surface area (Å²) in [6, 6.07) is 22.5. The molecule has 54 heavy (non-hydrogen) atoms. The van der Waals surface area contributed by atoms with Crippen molar-refractivity contribution in [3.05, 3.63) is 146 Å². The smallest absolute Gasteiger partial charge is 0.255 e. The van der Waals surface area contributed by atoms with Crippen LogP contribution in [0.3, 0.4) is 0 Å². The van der Waals surface area contributed by atoms with Gasteiger partial charge >= 0.3 is 0 Å². The molecule has 1 aliphatic carbocycles. The maximum Gasteiger partial charge on any atom is 0.255 e. The first-order valence-electron chi connectivity index (χ1n) is 17.1. The van der Waals surface area contributed by atoms with Crippen molar-refractivity contribution in [1.29, 1.82) is 0 Å². The summed E-state index contributed by atoms with van der Waals surface area (Å²) in [5.41, 5.74) is 16.1. The number of carbonyl (C=O) groups excluding carboxylic acids is 6. The van der Waals surface area contributed by atoms with Crippen molar-refractivity contribution in [3.63, 3.8) is 0 Å². The Morgan fingerprint density at radius 3 is 2.06 bits per heavy atom. The Balaban J connectivity index is 1.39. The summed E-state index contributed by atoms with van der Waals surface area (Å²) in [5.74, 6) is -3.47. The summed E-state index contributed by atoms with van der Waals surface area (Å²) in [6.07, 6.45) is -0.449. The van der Waals surface area contributed by atoms with E-state index in [0.717, 1.165) is 5.56 Å². The number of nitrogens with zero attached hydrogens (tertiary/aromatic N) is 3. The molecule has 0 heterocycles. The molecule has 0 saturated carbocycles. The van der Waals surface area contributed by atoms with Crippen LogP contribution < -0.4 is 26.4 Å². The molecule has 4 amide bonds. The topological polar surface area (TPSA) is 223 Å². The number of fused-ring (bicyclic) bond motifs is 2. The molecule has 5 rings (SSSR count). The first kappa shape index (κ1) is 38.4. The average molecular weight is 730 g/mol. The van der Waals surface area contributed by atoms with Gasteiger partial charge in [-0.3, -0.25) is 28.8 Å². The van der Waals surface area contributed by atoms with Crippen molar-refractivity contribution in [1.82, 2.24) is 16.0 Å². The SMILES string of the molecule is CC(C)(C)NC(=O)c1ccccc1OC[C@@H](N=[N+]=[N-])[C@H](Cc1ccccc1)NC(=O)[C@H](CC(N)=O)NC(=O)c1ccc2c(c1)C(=O)c1ccccc1C2=O. The molecule has 5 N–H and O–H groups in total. The quantitative estimate of drug-likeness (QED) is 0.0730. The number of hydrogen-bond acceptors (Lipinski definition) is 8. The summed E-state index contributed by atoms with van der Waals surface area (Å²) in [4.78, 5) is 82.0. The number of para-hydroxylation sites is 1. The summed E-state index contributed by atoms with van der Waals surface area (Å²) in [6.45, 7) is 5.25. The van der Waals surface area contributed by atoms with Crippen LogP contribution >= 0.6 is 0 Å². The van der Waals surface area contributed by atoms with Crippen LogP contribution in [0, 0.1) is 0 Å². The van der Waals surface area contributed by atoms with Gasteiger partial charge in [0, 0.05) is 44.3 Å². The van der Waals surface area contributed by atoms with Crippen molar-refractivity contribution in [2.24, 2.45) is 10.8 Å². The Hall–Kier alpha value is -6.79. The van der Waals surface area contributed by atoms with Crippen molar-refractivity contribution in [2.75, 3.05) is 6.61 Å². The summed E-state index contributed by atoms with van der Waals surface area (Å²) in [5, 5.41) is 12.1. The van der Waals surface area contributed by atoms with Gasteiger partial charge in [-0.15, -0.1) is 0 Å². The van der Waals surface area contributed by atoms with Gasteiger partial charge in [-0.25, -0.2) is 0 Å². The predicted molar refractivity (Wildman–Crippen MR) is 199 cm³/mol. The number of ketones is 2. The minimum Gasteiger partial charge on any atom is -0.492 e. The molecule has 4 aromatic carbocycles. The van der Waals surface area contributed by atoms with E-state index in [-0.39, 0.29) is 63.8 Å². The average Bonchev–Trinajstić information content (AvgIpc) is 3.14.